The molecule has 160 valence electrons. The van der Waals surface area contributed by atoms with E-state index in [-0.39, 0.29) is 13.2 Å². The zero-order valence-electron chi connectivity index (χ0n) is 17.8. The highest BCUT2D eigenvalue weighted by Crippen LogP contribution is 2.31. The lowest BCUT2D eigenvalue weighted by atomic mass is 9.94. The van der Waals surface area contributed by atoms with Gasteiger partial charge < -0.3 is 9.47 Å². The summed E-state index contributed by atoms with van der Waals surface area (Å²) >= 11 is 0. The van der Waals surface area contributed by atoms with Crippen molar-refractivity contribution in [3.05, 3.63) is 77.1 Å². The molecule has 0 saturated carbocycles. The number of allylic oxidation sites excluding steroid dienone is 3. The summed E-state index contributed by atoms with van der Waals surface area (Å²) < 4.78 is 36.3. The Morgan fingerprint density at radius 2 is 1.80 bits per heavy atom. The van der Waals surface area contributed by atoms with Gasteiger partial charge in [0.15, 0.2) is 0 Å². The topological polar surface area (TPSA) is 64.6 Å². The summed E-state index contributed by atoms with van der Waals surface area (Å²) in [5.41, 5.74) is 5.66. The number of hydrogen-bond donors (Lipinski definition) is 1. The maximum absolute atomic E-state index is 11.1. The number of sulfonamides is 1. The summed E-state index contributed by atoms with van der Waals surface area (Å²) in [6.45, 7) is 5.18. The lowest BCUT2D eigenvalue weighted by molar-refractivity contribution is 0.209. The monoisotopic (exact) mass is 427 g/mol. The van der Waals surface area contributed by atoms with E-state index in [1.807, 2.05) is 18.2 Å². The number of nitrogens with one attached hydrogen (secondary N) is 1. The molecule has 0 aliphatic heterocycles. The first kappa shape index (κ1) is 22.1. The summed E-state index contributed by atoms with van der Waals surface area (Å²) in [6.07, 6.45) is 9.55. The van der Waals surface area contributed by atoms with Crippen molar-refractivity contribution < 1.29 is 17.9 Å². The van der Waals surface area contributed by atoms with Crippen molar-refractivity contribution in [2.45, 2.75) is 33.3 Å². The highest BCUT2D eigenvalue weighted by atomic mass is 32.2. The van der Waals surface area contributed by atoms with E-state index in [0.717, 1.165) is 52.9 Å². The Balaban J connectivity index is 1.69. The van der Waals surface area contributed by atoms with Crippen molar-refractivity contribution in [2.75, 3.05) is 19.4 Å². The number of hydrogen-bond acceptors (Lipinski definition) is 4. The minimum absolute atomic E-state index is 0.242. The average molecular weight is 428 g/mol. The molecule has 0 amide bonds. The second-order valence-corrected chi connectivity index (χ2v) is 9.36. The minimum Gasteiger partial charge on any atom is -0.492 e. The van der Waals surface area contributed by atoms with E-state index in [9.17, 15) is 8.42 Å². The smallest absolute Gasteiger partial charge is 0.208 e. The van der Waals surface area contributed by atoms with Crippen LogP contribution in [0, 0.1) is 13.8 Å². The Labute approximate surface area is 179 Å². The van der Waals surface area contributed by atoms with Gasteiger partial charge in [-0.2, -0.15) is 0 Å². The molecule has 0 unspecified atom stereocenters. The van der Waals surface area contributed by atoms with Crippen LogP contribution in [0.15, 0.2) is 60.4 Å². The van der Waals surface area contributed by atoms with E-state index < -0.39 is 10.0 Å². The van der Waals surface area contributed by atoms with E-state index in [2.05, 4.69) is 55.0 Å². The molecule has 2 aromatic rings. The quantitative estimate of drug-likeness (QED) is 0.592. The third-order valence-electron chi connectivity index (χ3n) is 4.82. The van der Waals surface area contributed by atoms with E-state index >= 15 is 0 Å². The van der Waals surface area contributed by atoms with Gasteiger partial charge in [-0.25, -0.2) is 13.1 Å². The number of ether oxygens (including phenoxy) is 2. The predicted octanol–water partition coefficient (Wildman–Crippen LogP) is 4.65. The van der Waals surface area contributed by atoms with Gasteiger partial charge in [0.2, 0.25) is 10.0 Å². The summed E-state index contributed by atoms with van der Waals surface area (Å²) in [5.74, 6) is 1.67. The molecule has 1 N–H and O–H groups in total. The number of rotatable bonds is 9. The fourth-order valence-corrected chi connectivity index (χ4v) is 3.99. The van der Waals surface area contributed by atoms with Gasteiger partial charge in [-0.1, -0.05) is 24.3 Å². The molecule has 0 saturated heterocycles. The van der Waals surface area contributed by atoms with Crippen LogP contribution in [0.3, 0.4) is 0 Å². The van der Waals surface area contributed by atoms with Gasteiger partial charge in [0.05, 0.1) is 6.26 Å². The fourth-order valence-electron chi connectivity index (χ4n) is 3.54. The van der Waals surface area contributed by atoms with Crippen molar-refractivity contribution in [3.63, 3.8) is 0 Å². The minimum atomic E-state index is -3.20. The van der Waals surface area contributed by atoms with Crippen LogP contribution in [-0.4, -0.2) is 27.8 Å². The van der Waals surface area contributed by atoms with Crippen molar-refractivity contribution in [2.24, 2.45) is 0 Å². The largest absolute Gasteiger partial charge is 0.492 e. The van der Waals surface area contributed by atoms with Crippen molar-refractivity contribution in [1.29, 1.82) is 0 Å². The van der Waals surface area contributed by atoms with Crippen LogP contribution in [0.4, 0.5) is 0 Å². The molecule has 1 aliphatic carbocycles. The highest BCUT2D eigenvalue weighted by Gasteiger charge is 2.10. The molecule has 6 heteroatoms. The van der Waals surface area contributed by atoms with Crippen LogP contribution in [0.5, 0.6) is 5.75 Å². The Morgan fingerprint density at radius 3 is 2.47 bits per heavy atom. The Kier molecular flexibility index (Phi) is 7.34. The standard InChI is InChI=1S/C24H29NO4S/c1-18-14-23(28-13-12-25-30(3,26)27)15-19(2)24(18)21-9-7-8-20(16-21)17-29-22-10-5-4-6-11-22/h5,7-11,14-16,25H,4,6,12-13,17H2,1-3H3. The summed E-state index contributed by atoms with van der Waals surface area (Å²) in [6, 6.07) is 12.4. The van der Waals surface area contributed by atoms with Crippen molar-refractivity contribution in [1.82, 2.24) is 4.72 Å². The van der Waals surface area contributed by atoms with Crippen LogP contribution < -0.4 is 9.46 Å². The Bertz CT molecular complexity index is 1030. The molecule has 0 spiro atoms. The summed E-state index contributed by atoms with van der Waals surface area (Å²) in [4.78, 5) is 0. The molecular formula is C24H29NO4S. The number of aryl methyl sites for hydroxylation is 2. The van der Waals surface area contributed by atoms with Crippen LogP contribution in [0.2, 0.25) is 0 Å². The molecule has 0 aromatic heterocycles. The first-order chi connectivity index (χ1) is 14.3. The van der Waals surface area contributed by atoms with Crippen LogP contribution in [-0.2, 0) is 21.4 Å². The maximum atomic E-state index is 11.1. The zero-order valence-corrected chi connectivity index (χ0v) is 18.6. The van der Waals surface area contributed by atoms with Crippen molar-refractivity contribution >= 4 is 10.0 Å². The van der Waals surface area contributed by atoms with Gasteiger partial charge >= 0.3 is 0 Å². The highest BCUT2D eigenvalue weighted by molar-refractivity contribution is 7.88. The lowest BCUT2D eigenvalue weighted by Gasteiger charge is -2.15. The van der Waals surface area contributed by atoms with Gasteiger partial charge in [0, 0.05) is 6.54 Å². The van der Waals surface area contributed by atoms with Crippen LogP contribution in [0.1, 0.15) is 29.5 Å². The second kappa shape index (κ2) is 9.96. The molecule has 1 aliphatic rings. The van der Waals surface area contributed by atoms with Gasteiger partial charge in [0.25, 0.3) is 0 Å². The molecule has 30 heavy (non-hydrogen) atoms. The van der Waals surface area contributed by atoms with Crippen molar-refractivity contribution in [3.8, 4) is 16.9 Å². The Morgan fingerprint density at radius 1 is 1.03 bits per heavy atom. The van der Waals surface area contributed by atoms with E-state index in [4.69, 9.17) is 9.47 Å². The molecule has 0 bridgehead atoms. The molecule has 0 radical (unpaired) electrons. The third-order valence-corrected chi connectivity index (χ3v) is 5.55. The molecule has 0 atom stereocenters. The average Bonchev–Trinajstić information content (AvgIpc) is 2.70. The lowest BCUT2D eigenvalue weighted by Crippen LogP contribution is -2.26. The second-order valence-electron chi connectivity index (χ2n) is 7.52. The van der Waals surface area contributed by atoms with Gasteiger partial charge in [-0.05, 0) is 84.9 Å². The maximum Gasteiger partial charge on any atom is 0.208 e. The van der Waals surface area contributed by atoms with Gasteiger partial charge in [-0.15, -0.1) is 0 Å². The SMILES string of the molecule is Cc1cc(OCCNS(C)(=O)=O)cc(C)c1-c1cccc(COC2=CCCC=C2)c1. The molecule has 0 heterocycles. The molecule has 0 fully saturated rings. The third kappa shape index (κ3) is 6.47. The summed E-state index contributed by atoms with van der Waals surface area (Å²) in [5, 5.41) is 0. The Hall–Kier alpha value is -2.57. The van der Waals surface area contributed by atoms with E-state index in [1.165, 1.54) is 5.56 Å². The van der Waals surface area contributed by atoms with Crippen LogP contribution >= 0.6 is 0 Å². The first-order valence-corrected chi connectivity index (χ1v) is 12.0. The number of benzene rings is 2. The fraction of sp³-hybridized carbons (Fsp3) is 0.333. The molecule has 2 aromatic carbocycles. The van der Waals surface area contributed by atoms with E-state index in [0.29, 0.717) is 6.61 Å². The molecular weight excluding hydrogens is 398 g/mol. The van der Waals surface area contributed by atoms with E-state index in [1.54, 1.807) is 0 Å². The van der Waals surface area contributed by atoms with Crippen LogP contribution in [0.25, 0.3) is 11.1 Å². The normalized spacial score (nSPS) is 13.8. The first-order valence-electron chi connectivity index (χ1n) is 10.1. The summed E-state index contributed by atoms with van der Waals surface area (Å²) in [7, 11) is -3.20. The zero-order chi connectivity index (χ0) is 21.6. The molecule has 5 nitrogen and oxygen atoms in total. The van der Waals surface area contributed by atoms with Gasteiger partial charge in [0.1, 0.15) is 24.7 Å². The predicted molar refractivity (Wildman–Crippen MR) is 121 cm³/mol. The molecule has 3 rings (SSSR count). The van der Waals surface area contributed by atoms with Gasteiger partial charge in [-0.3, -0.25) is 0 Å².